The minimum atomic E-state index is -0.220. The van der Waals surface area contributed by atoms with Gasteiger partial charge >= 0.3 is 5.97 Å². The number of fused-ring (bicyclic) bond motifs is 1. The van der Waals surface area contributed by atoms with Crippen LogP contribution in [0.2, 0.25) is 5.02 Å². The molecule has 0 saturated heterocycles. The van der Waals surface area contributed by atoms with Crippen LogP contribution >= 0.6 is 11.6 Å². The SMILES string of the molecule is COC(=O)CC(c1ccc(Cl)cc1)c1c(C)n(C)c2ccccc12. The molecule has 0 saturated carbocycles. The number of esters is 1. The van der Waals surface area contributed by atoms with E-state index in [1.807, 2.05) is 36.4 Å². The molecule has 0 amide bonds. The molecule has 1 unspecified atom stereocenters. The molecule has 1 aromatic heterocycles. The fourth-order valence-electron chi connectivity index (χ4n) is 3.32. The number of aryl methyl sites for hydroxylation is 1. The minimum absolute atomic E-state index is 0.0687. The lowest BCUT2D eigenvalue weighted by Gasteiger charge is -2.18. The number of hydrogen-bond acceptors (Lipinski definition) is 2. The number of para-hydroxylation sites is 1. The number of hydrogen-bond donors (Lipinski definition) is 0. The predicted octanol–water partition coefficient (Wildman–Crippen LogP) is 4.84. The highest BCUT2D eigenvalue weighted by Crippen LogP contribution is 2.37. The first-order chi connectivity index (χ1) is 11.5. The lowest BCUT2D eigenvalue weighted by molar-refractivity contribution is -0.140. The number of nitrogens with zero attached hydrogens (tertiary/aromatic N) is 1. The molecule has 0 radical (unpaired) electrons. The van der Waals surface area contributed by atoms with Crippen LogP contribution in [0.5, 0.6) is 0 Å². The van der Waals surface area contributed by atoms with E-state index < -0.39 is 0 Å². The smallest absolute Gasteiger partial charge is 0.306 e. The van der Waals surface area contributed by atoms with E-state index in [2.05, 4.69) is 30.7 Å². The van der Waals surface area contributed by atoms with Gasteiger partial charge in [-0.3, -0.25) is 4.79 Å². The quantitative estimate of drug-likeness (QED) is 0.636. The molecular weight excluding hydrogens is 322 g/mol. The van der Waals surface area contributed by atoms with Gasteiger partial charge in [-0.15, -0.1) is 0 Å². The number of carbonyl (C=O) groups is 1. The van der Waals surface area contributed by atoms with E-state index in [4.69, 9.17) is 16.3 Å². The van der Waals surface area contributed by atoms with E-state index in [0.717, 1.165) is 16.8 Å². The van der Waals surface area contributed by atoms with Crippen molar-refractivity contribution in [3.63, 3.8) is 0 Å². The fourth-order valence-corrected chi connectivity index (χ4v) is 3.45. The van der Waals surface area contributed by atoms with Crippen LogP contribution in [0.3, 0.4) is 0 Å². The van der Waals surface area contributed by atoms with Gasteiger partial charge in [-0.05, 0) is 36.2 Å². The van der Waals surface area contributed by atoms with Gasteiger partial charge in [0.2, 0.25) is 0 Å². The van der Waals surface area contributed by atoms with Crippen molar-refractivity contribution in [2.75, 3.05) is 7.11 Å². The third-order valence-electron chi connectivity index (χ3n) is 4.67. The van der Waals surface area contributed by atoms with E-state index in [1.54, 1.807) is 0 Å². The summed E-state index contributed by atoms with van der Waals surface area (Å²) in [7, 11) is 3.48. The number of carbonyl (C=O) groups excluding carboxylic acids is 1. The molecule has 0 spiro atoms. The summed E-state index contributed by atoms with van der Waals surface area (Å²) in [6.45, 7) is 2.09. The molecule has 124 valence electrons. The molecule has 0 fully saturated rings. The molecule has 3 aromatic rings. The van der Waals surface area contributed by atoms with Crippen molar-refractivity contribution in [3.8, 4) is 0 Å². The highest BCUT2D eigenvalue weighted by atomic mass is 35.5. The zero-order chi connectivity index (χ0) is 17.3. The number of rotatable bonds is 4. The maximum atomic E-state index is 12.0. The highest BCUT2D eigenvalue weighted by Gasteiger charge is 2.25. The van der Waals surface area contributed by atoms with Gasteiger partial charge in [0, 0.05) is 34.6 Å². The van der Waals surface area contributed by atoms with Gasteiger partial charge in [0.15, 0.2) is 0 Å². The van der Waals surface area contributed by atoms with E-state index in [9.17, 15) is 4.79 Å². The van der Waals surface area contributed by atoms with Crippen LogP contribution in [-0.2, 0) is 16.6 Å². The molecule has 0 aliphatic rings. The van der Waals surface area contributed by atoms with Crippen molar-refractivity contribution in [1.82, 2.24) is 4.57 Å². The van der Waals surface area contributed by atoms with Crippen LogP contribution in [-0.4, -0.2) is 17.6 Å². The van der Waals surface area contributed by atoms with Gasteiger partial charge < -0.3 is 9.30 Å². The Balaban J connectivity index is 2.20. The summed E-state index contributed by atoms with van der Waals surface area (Å²) in [5.41, 5.74) is 4.54. The van der Waals surface area contributed by atoms with E-state index >= 15 is 0 Å². The Labute approximate surface area is 146 Å². The summed E-state index contributed by atoms with van der Waals surface area (Å²) in [6.07, 6.45) is 0.299. The van der Waals surface area contributed by atoms with Gasteiger partial charge in [-0.25, -0.2) is 0 Å². The third-order valence-corrected chi connectivity index (χ3v) is 4.92. The second-order valence-electron chi connectivity index (χ2n) is 5.96. The summed E-state index contributed by atoms with van der Waals surface area (Å²) in [5.74, 6) is -0.289. The molecule has 0 bridgehead atoms. The number of ether oxygens (including phenoxy) is 1. The third kappa shape index (κ3) is 2.92. The number of benzene rings is 2. The first-order valence-corrected chi connectivity index (χ1v) is 8.27. The molecular formula is C20H20ClNO2. The van der Waals surface area contributed by atoms with Crippen LogP contribution in [0.4, 0.5) is 0 Å². The van der Waals surface area contributed by atoms with E-state index in [1.165, 1.54) is 18.1 Å². The zero-order valence-electron chi connectivity index (χ0n) is 14.0. The summed E-state index contributed by atoms with van der Waals surface area (Å²) < 4.78 is 7.11. The average Bonchev–Trinajstić information content (AvgIpc) is 2.85. The van der Waals surface area contributed by atoms with Gasteiger partial charge in [0.25, 0.3) is 0 Å². The molecule has 0 aliphatic carbocycles. The predicted molar refractivity (Wildman–Crippen MR) is 97.6 cm³/mol. The Hall–Kier alpha value is -2.26. The van der Waals surface area contributed by atoms with Crippen molar-refractivity contribution in [2.24, 2.45) is 7.05 Å². The normalized spacial score (nSPS) is 12.3. The van der Waals surface area contributed by atoms with Crippen LogP contribution in [0, 0.1) is 6.92 Å². The maximum absolute atomic E-state index is 12.0. The van der Waals surface area contributed by atoms with Gasteiger partial charge in [0.1, 0.15) is 0 Å². The van der Waals surface area contributed by atoms with E-state index in [-0.39, 0.29) is 11.9 Å². The Morgan fingerprint density at radius 3 is 2.50 bits per heavy atom. The first-order valence-electron chi connectivity index (χ1n) is 7.89. The summed E-state index contributed by atoms with van der Waals surface area (Å²) >= 11 is 6.03. The molecule has 3 rings (SSSR count). The van der Waals surface area contributed by atoms with Crippen molar-refractivity contribution in [2.45, 2.75) is 19.3 Å². The Morgan fingerprint density at radius 1 is 1.17 bits per heavy atom. The number of methoxy groups -OCH3 is 1. The second kappa shape index (κ2) is 6.70. The zero-order valence-corrected chi connectivity index (χ0v) is 14.8. The fraction of sp³-hybridized carbons (Fsp3) is 0.250. The Bertz CT molecular complexity index is 881. The van der Waals surface area contributed by atoms with Crippen LogP contribution in [0.1, 0.15) is 29.2 Å². The van der Waals surface area contributed by atoms with Gasteiger partial charge in [-0.1, -0.05) is 41.9 Å². The molecule has 0 N–H and O–H groups in total. The van der Waals surface area contributed by atoms with Crippen LogP contribution in [0.25, 0.3) is 10.9 Å². The molecule has 0 aliphatic heterocycles. The van der Waals surface area contributed by atoms with Crippen molar-refractivity contribution < 1.29 is 9.53 Å². The summed E-state index contributed by atoms with van der Waals surface area (Å²) in [5, 5.41) is 1.85. The Morgan fingerprint density at radius 2 is 1.83 bits per heavy atom. The van der Waals surface area contributed by atoms with Gasteiger partial charge in [-0.2, -0.15) is 0 Å². The second-order valence-corrected chi connectivity index (χ2v) is 6.40. The van der Waals surface area contributed by atoms with Crippen LogP contribution < -0.4 is 0 Å². The molecule has 1 heterocycles. The van der Waals surface area contributed by atoms with Crippen LogP contribution in [0.15, 0.2) is 48.5 Å². The molecule has 2 aromatic carbocycles. The lowest BCUT2D eigenvalue weighted by Crippen LogP contribution is -2.11. The van der Waals surface area contributed by atoms with Gasteiger partial charge in [0.05, 0.1) is 13.5 Å². The molecule has 1 atom stereocenters. The highest BCUT2D eigenvalue weighted by molar-refractivity contribution is 6.30. The Kier molecular flexibility index (Phi) is 4.63. The van der Waals surface area contributed by atoms with Crippen molar-refractivity contribution in [3.05, 3.63) is 70.4 Å². The molecule has 24 heavy (non-hydrogen) atoms. The summed E-state index contributed by atoms with van der Waals surface area (Å²) in [6, 6.07) is 16.0. The molecule has 3 nitrogen and oxygen atoms in total. The topological polar surface area (TPSA) is 31.2 Å². The monoisotopic (exact) mass is 341 g/mol. The maximum Gasteiger partial charge on any atom is 0.306 e. The summed E-state index contributed by atoms with van der Waals surface area (Å²) in [4.78, 5) is 12.0. The first kappa shape index (κ1) is 16.6. The van der Waals surface area contributed by atoms with E-state index in [0.29, 0.717) is 11.4 Å². The average molecular weight is 342 g/mol. The standard InChI is InChI=1S/C20H20ClNO2/c1-13-20(16-6-4-5-7-18(16)22(13)2)17(12-19(23)24-3)14-8-10-15(21)11-9-14/h4-11,17H,12H2,1-3H3. The van der Waals surface area contributed by atoms with Crippen molar-refractivity contribution in [1.29, 1.82) is 0 Å². The minimum Gasteiger partial charge on any atom is -0.469 e. The number of halogens is 1. The largest absolute Gasteiger partial charge is 0.469 e. The lowest BCUT2D eigenvalue weighted by atomic mass is 9.86. The van der Waals surface area contributed by atoms with Crippen molar-refractivity contribution >= 4 is 28.5 Å². The molecule has 4 heteroatoms. The number of aromatic nitrogens is 1.